The van der Waals surface area contributed by atoms with Crippen molar-refractivity contribution < 1.29 is 19.8 Å². The lowest BCUT2D eigenvalue weighted by atomic mass is 10.2. The molecule has 0 aliphatic heterocycles. The number of nitrogens with zero attached hydrogens (tertiary/aromatic N) is 2. The molecular weight excluding hydrogens is 452 g/mol. The quantitative estimate of drug-likeness (QED) is 0.134. The van der Waals surface area contributed by atoms with Gasteiger partial charge in [0.2, 0.25) is 0 Å². The second kappa shape index (κ2) is 33.9. The number of hydrogen-bond acceptors (Lipinski definition) is 4. The molecule has 0 bridgehead atoms. The zero-order valence-corrected chi connectivity index (χ0v) is 25.2. The molecule has 218 valence electrons. The van der Waals surface area contributed by atoms with Crippen LogP contribution in [0.25, 0.3) is 0 Å². The third-order valence-electron chi connectivity index (χ3n) is 6.00. The lowest BCUT2D eigenvalue weighted by Crippen LogP contribution is -2.27. The second-order valence-corrected chi connectivity index (χ2v) is 9.80. The van der Waals surface area contributed by atoms with Gasteiger partial charge >= 0.3 is 11.9 Å². The first-order chi connectivity index (χ1) is 17.3. The number of aliphatic carboxylic acids is 2. The van der Waals surface area contributed by atoms with E-state index in [1.807, 2.05) is 0 Å². The zero-order chi connectivity index (χ0) is 27.9. The molecule has 0 heterocycles. The number of unbranched alkanes of at least 4 members (excludes halogenated alkanes) is 7. The summed E-state index contributed by atoms with van der Waals surface area (Å²) in [7, 11) is 0. The summed E-state index contributed by atoms with van der Waals surface area (Å²) in [6.45, 7) is 21.5. The number of carbonyl (C=O) groups is 2. The Kier molecular flexibility index (Phi) is 37.0. The molecule has 2 N–H and O–H groups in total. The van der Waals surface area contributed by atoms with Gasteiger partial charge in [0.05, 0.1) is 0 Å². The predicted octanol–water partition coefficient (Wildman–Crippen LogP) is 8.09. The van der Waals surface area contributed by atoms with Crippen molar-refractivity contribution in [2.45, 2.75) is 144 Å². The Morgan fingerprint density at radius 1 is 0.417 bits per heavy atom. The molecule has 0 aliphatic carbocycles. The van der Waals surface area contributed by atoms with Crippen LogP contribution < -0.4 is 0 Å². The molecule has 0 aliphatic rings. The average Bonchev–Trinajstić information content (AvgIpc) is 2.86. The first-order valence-electron chi connectivity index (χ1n) is 15.2. The second-order valence-electron chi connectivity index (χ2n) is 9.80. The van der Waals surface area contributed by atoms with Crippen LogP contribution in [-0.4, -0.2) is 71.2 Å². The topological polar surface area (TPSA) is 81.1 Å². The molecule has 0 fully saturated rings. The Labute approximate surface area is 225 Å². The fraction of sp³-hybridized carbons (Fsp3) is 0.933. The highest BCUT2D eigenvalue weighted by molar-refractivity contribution is 5.67. The fourth-order valence-corrected chi connectivity index (χ4v) is 3.51. The van der Waals surface area contributed by atoms with Gasteiger partial charge in [0.15, 0.2) is 0 Å². The summed E-state index contributed by atoms with van der Waals surface area (Å²) in [5.74, 6) is -1.74. The molecule has 0 spiro atoms. The average molecular weight is 517 g/mol. The van der Waals surface area contributed by atoms with Gasteiger partial charge in [-0.05, 0) is 90.6 Å². The molecule has 0 aromatic heterocycles. The zero-order valence-electron chi connectivity index (χ0n) is 25.2. The SMILES string of the molecule is CCCCN(CCCC)CCCC.CCCCN(CCCC)CCCC.O=C(O)CCCCC(=O)O. The Bertz CT molecular complexity index is 369. The van der Waals surface area contributed by atoms with Crippen LogP contribution in [0.15, 0.2) is 0 Å². The van der Waals surface area contributed by atoms with Gasteiger partial charge in [-0.15, -0.1) is 0 Å². The van der Waals surface area contributed by atoms with E-state index in [-0.39, 0.29) is 12.8 Å². The third-order valence-corrected chi connectivity index (χ3v) is 6.00. The van der Waals surface area contributed by atoms with Gasteiger partial charge in [0.1, 0.15) is 0 Å². The van der Waals surface area contributed by atoms with Crippen LogP contribution in [0.2, 0.25) is 0 Å². The number of carboxylic acid groups (broad SMARTS) is 2. The van der Waals surface area contributed by atoms with Crippen molar-refractivity contribution in [1.29, 1.82) is 0 Å². The largest absolute Gasteiger partial charge is 0.481 e. The first-order valence-corrected chi connectivity index (χ1v) is 15.2. The predicted molar refractivity (Wildman–Crippen MR) is 156 cm³/mol. The highest BCUT2D eigenvalue weighted by Crippen LogP contribution is 2.03. The minimum absolute atomic E-state index is 0.0628. The normalized spacial score (nSPS) is 10.6. The molecule has 0 unspecified atom stereocenters. The van der Waals surface area contributed by atoms with Crippen LogP contribution in [0.1, 0.15) is 144 Å². The van der Waals surface area contributed by atoms with Crippen molar-refractivity contribution in [3.8, 4) is 0 Å². The van der Waals surface area contributed by atoms with Gasteiger partial charge in [0.25, 0.3) is 0 Å². The van der Waals surface area contributed by atoms with Crippen LogP contribution in [0.3, 0.4) is 0 Å². The Morgan fingerprint density at radius 2 is 0.611 bits per heavy atom. The summed E-state index contributed by atoms with van der Waals surface area (Å²) in [6.07, 6.45) is 17.2. The van der Waals surface area contributed by atoms with E-state index in [2.05, 4.69) is 51.3 Å². The number of rotatable bonds is 23. The standard InChI is InChI=1S/2C12H27N.C6H10O4/c2*1-4-7-10-13(11-8-5-2)12-9-6-3;7-5(8)3-1-2-4-6(9)10/h2*4-12H2,1-3H3;1-4H2,(H,7,8)(H,9,10). The molecule has 0 saturated carbocycles. The monoisotopic (exact) mass is 516 g/mol. The summed E-state index contributed by atoms with van der Waals surface area (Å²) in [5, 5.41) is 16.3. The molecule has 0 radical (unpaired) electrons. The minimum atomic E-state index is -0.870. The maximum Gasteiger partial charge on any atom is 0.303 e. The van der Waals surface area contributed by atoms with Gasteiger partial charge < -0.3 is 20.0 Å². The summed E-state index contributed by atoms with van der Waals surface area (Å²) < 4.78 is 0. The van der Waals surface area contributed by atoms with E-state index in [4.69, 9.17) is 10.2 Å². The van der Waals surface area contributed by atoms with Crippen molar-refractivity contribution in [2.24, 2.45) is 0 Å². The van der Waals surface area contributed by atoms with Gasteiger partial charge in [-0.1, -0.05) is 80.1 Å². The molecule has 36 heavy (non-hydrogen) atoms. The molecule has 0 aromatic carbocycles. The van der Waals surface area contributed by atoms with Crippen LogP contribution >= 0.6 is 0 Å². The van der Waals surface area contributed by atoms with E-state index in [0.29, 0.717) is 12.8 Å². The molecule has 0 saturated heterocycles. The van der Waals surface area contributed by atoms with E-state index < -0.39 is 11.9 Å². The molecule has 0 amide bonds. The molecule has 0 rings (SSSR count). The molecular formula is C30H64N2O4. The van der Waals surface area contributed by atoms with Crippen LogP contribution in [0.4, 0.5) is 0 Å². The highest BCUT2D eigenvalue weighted by atomic mass is 16.4. The van der Waals surface area contributed by atoms with Crippen molar-refractivity contribution in [2.75, 3.05) is 39.3 Å². The van der Waals surface area contributed by atoms with Crippen molar-refractivity contribution in [3.05, 3.63) is 0 Å². The van der Waals surface area contributed by atoms with Gasteiger partial charge in [-0.2, -0.15) is 0 Å². The summed E-state index contributed by atoms with van der Waals surface area (Å²) >= 11 is 0. The lowest BCUT2D eigenvalue weighted by Gasteiger charge is -2.21. The van der Waals surface area contributed by atoms with E-state index in [1.54, 1.807) is 0 Å². The highest BCUT2D eigenvalue weighted by Gasteiger charge is 2.03. The van der Waals surface area contributed by atoms with Crippen molar-refractivity contribution in [1.82, 2.24) is 9.80 Å². The Morgan fingerprint density at radius 3 is 0.750 bits per heavy atom. The lowest BCUT2D eigenvalue weighted by molar-refractivity contribution is -0.139. The third kappa shape index (κ3) is 37.4. The van der Waals surface area contributed by atoms with Gasteiger partial charge in [0, 0.05) is 12.8 Å². The van der Waals surface area contributed by atoms with Crippen molar-refractivity contribution >= 4 is 11.9 Å². The van der Waals surface area contributed by atoms with Crippen molar-refractivity contribution in [3.63, 3.8) is 0 Å². The maximum atomic E-state index is 9.90. The van der Waals surface area contributed by atoms with Gasteiger partial charge in [-0.25, -0.2) is 0 Å². The van der Waals surface area contributed by atoms with E-state index >= 15 is 0 Å². The van der Waals surface area contributed by atoms with Crippen LogP contribution in [-0.2, 0) is 9.59 Å². The fourth-order valence-electron chi connectivity index (χ4n) is 3.51. The number of hydrogen-bond donors (Lipinski definition) is 2. The van der Waals surface area contributed by atoms with Crippen LogP contribution in [0.5, 0.6) is 0 Å². The van der Waals surface area contributed by atoms with E-state index in [0.717, 1.165) is 0 Å². The molecule has 6 nitrogen and oxygen atoms in total. The minimum Gasteiger partial charge on any atom is -0.481 e. The smallest absolute Gasteiger partial charge is 0.303 e. The van der Waals surface area contributed by atoms with E-state index in [1.165, 1.54) is 116 Å². The van der Waals surface area contributed by atoms with Gasteiger partial charge in [-0.3, -0.25) is 9.59 Å². The summed E-state index contributed by atoms with van der Waals surface area (Å²) in [5.41, 5.74) is 0. The molecule has 0 atom stereocenters. The molecule has 6 heteroatoms. The summed E-state index contributed by atoms with van der Waals surface area (Å²) in [6, 6.07) is 0. The molecule has 0 aromatic rings. The Hall–Kier alpha value is -1.14. The Balaban J connectivity index is -0.000000459. The summed E-state index contributed by atoms with van der Waals surface area (Å²) in [4.78, 5) is 25.1. The van der Waals surface area contributed by atoms with E-state index in [9.17, 15) is 9.59 Å². The maximum absolute atomic E-state index is 9.90. The van der Waals surface area contributed by atoms with Crippen LogP contribution in [0, 0.1) is 0 Å². The first kappa shape index (κ1) is 39.4. The number of carboxylic acids is 2.